The van der Waals surface area contributed by atoms with E-state index in [2.05, 4.69) is 13.2 Å². The Labute approximate surface area is 73.3 Å². The van der Waals surface area contributed by atoms with Gasteiger partial charge in [-0.15, -0.1) is 11.3 Å². The van der Waals surface area contributed by atoms with Crippen molar-refractivity contribution in [1.82, 2.24) is 0 Å². The van der Waals surface area contributed by atoms with Crippen LogP contribution in [-0.4, -0.2) is 0 Å². The highest BCUT2D eigenvalue weighted by Gasteiger charge is 2.02. The van der Waals surface area contributed by atoms with E-state index >= 15 is 0 Å². The molecule has 0 spiro atoms. The third kappa shape index (κ3) is 0.883. The van der Waals surface area contributed by atoms with Crippen molar-refractivity contribution in [3.63, 3.8) is 0 Å². The van der Waals surface area contributed by atoms with Gasteiger partial charge in [-0.1, -0.05) is 19.2 Å². The first-order valence-corrected chi connectivity index (χ1v) is 4.36. The van der Waals surface area contributed by atoms with Crippen molar-refractivity contribution < 1.29 is 4.39 Å². The minimum atomic E-state index is -0.205. The van der Waals surface area contributed by atoms with Gasteiger partial charge in [0.2, 0.25) is 0 Å². The minimum Gasteiger partial charge on any atom is -0.206 e. The lowest BCUT2D eigenvalue weighted by molar-refractivity contribution is 0.639. The van der Waals surface area contributed by atoms with Crippen LogP contribution in [0.3, 0.4) is 0 Å². The summed E-state index contributed by atoms with van der Waals surface area (Å²) in [4.78, 5) is 0. The van der Waals surface area contributed by atoms with Crippen LogP contribution in [0, 0.1) is 5.82 Å². The largest absolute Gasteiger partial charge is 0.206 e. The van der Waals surface area contributed by atoms with Crippen LogP contribution in [0.1, 0.15) is 0 Å². The quantitative estimate of drug-likeness (QED) is 0.577. The van der Waals surface area contributed by atoms with E-state index in [1.165, 1.54) is 17.4 Å². The summed E-state index contributed by atoms with van der Waals surface area (Å²) in [5.41, 5.74) is 0. The van der Waals surface area contributed by atoms with Gasteiger partial charge in [0, 0.05) is 14.6 Å². The number of halogens is 1. The molecule has 0 N–H and O–H groups in total. The van der Waals surface area contributed by atoms with Gasteiger partial charge < -0.3 is 0 Å². The molecule has 2 aromatic rings. The summed E-state index contributed by atoms with van der Waals surface area (Å²) >= 11 is 1.48. The second-order valence-electron chi connectivity index (χ2n) is 2.62. The molecule has 1 aromatic carbocycles. The van der Waals surface area contributed by atoms with Crippen LogP contribution in [0.2, 0.25) is 0 Å². The second kappa shape index (κ2) is 2.42. The van der Waals surface area contributed by atoms with Crippen LogP contribution < -0.4 is 9.75 Å². The Morgan fingerprint density at radius 3 is 2.67 bits per heavy atom. The molecule has 12 heavy (non-hydrogen) atoms. The van der Waals surface area contributed by atoms with E-state index in [1.54, 1.807) is 6.07 Å². The predicted molar refractivity (Wildman–Crippen MR) is 52.1 cm³/mol. The fourth-order valence-electron chi connectivity index (χ4n) is 1.22. The fourth-order valence-corrected chi connectivity index (χ4v) is 2.18. The van der Waals surface area contributed by atoms with E-state index in [1.807, 2.05) is 6.07 Å². The Balaban J connectivity index is 3.18. The average molecular weight is 178 g/mol. The number of hydrogen-bond acceptors (Lipinski definition) is 1. The van der Waals surface area contributed by atoms with Gasteiger partial charge in [0.1, 0.15) is 5.82 Å². The Hall–Kier alpha value is -1.15. The van der Waals surface area contributed by atoms with Gasteiger partial charge >= 0.3 is 0 Å². The van der Waals surface area contributed by atoms with Crippen LogP contribution in [0.5, 0.6) is 0 Å². The van der Waals surface area contributed by atoms with Gasteiger partial charge in [0.25, 0.3) is 0 Å². The maximum absolute atomic E-state index is 13.2. The second-order valence-corrected chi connectivity index (χ2v) is 3.75. The SMILES string of the molecule is C=c1sc2cccc(F)c2c1=C. The van der Waals surface area contributed by atoms with Gasteiger partial charge in [-0.3, -0.25) is 0 Å². The lowest BCUT2D eigenvalue weighted by atomic mass is 10.2. The Morgan fingerprint density at radius 1 is 1.25 bits per heavy atom. The normalized spacial score (nSPS) is 10.8. The molecular weight excluding hydrogens is 171 g/mol. The summed E-state index contributed by atoms with van der Waals surface area (Å²) in [6.45, 7) is 7.56. The zero-order valence-corrected chi connectivity index (χ0v) is 7.25. The molecular formula is C10H7FS. The molecule has 0 atom stereocenters. The molecule has 0 radical (unpaired) electrons. The van der Waals surface area contributed by atoms with Crippen molar-refractivity contribution in [3.05, 3.63) is 33.8 Å². The molecule has 0 nitrogen and oxygen atoms in total. The Morgan fingerprint density at radius 2 is 2.00 bits per heavy atom. The van der Waals surface area contributed by atoms with Gasteiger partial charge in [-0.05, 0) is 17.4 Å². The summed E-state index contributed by atoms with van der Waals surface area (Å²) in [7, 11) is 0. The van der Waals surface area contributed by atoms with Gasteiger partial charge in [0.05, 0.1) is 0 Å². The molecule has 0 saturated carbocycles. The zero-order valence-electron chi connectivity index (χ0n) is 6.43. The lowest BCUT2D eigenvalue weighted by Crippen LogP contribution is -2.14. The molecule has 0 aliphatic carbocycles. The Bertz CT molecular complexity index is 524. The van der Waals surface area contributed by atoms with Crippen molar-refractivity contribution >= 4 is 34.6 Å². The first kappa shape index (κ1) is 7.50. The predicted octanol–water partition coefficient (Wildman–Crippen LogP) is 1.86. The van der Waals surface area contributed by atoms with Crippen LogP contribution in [0.4, 0.5) is 4.39 Å². The number of hydrogen-bond donors (Lipinski definition) is 0. The molecule has 0 bridgehead atoms. The smallest absolute Gasteiger partial charge is 0.132 e. The molecule has 0 aliphatic heterocycles. The van der Waals surface area contributed by atoms with Gasteiger partial charge in [-0.25, -0.2) is 4.39 Å². The summed E-state index contributed by atoms with van der Waals surface area (Å²) in [5, 5.41) is 1.33. The van der Waals surface area contributed by atoms with E-state index in [9.17, 15) is 4.39 Å². The standard InChI is InChI=1S/C10H7FS/c1-6-7(2)12-9-5-3-4-8(11)10(6)9/h3-5H,1-2H2. The molecule has 2 rings (SSSR count). The number of benzene rings is 1. The molecule has 0 fully saturated rings. The van der Waals surface area contributed by atoms with E-state index < -0.39 is 0 Å². The summed E-state index contributed by atoms with van der Waals surface area (Å²) < 4.78 is 15.0. The molecule has 0 unspecified atom stereocenters. The first-order chi connectivity index (χ1) is 5.70. The van der Waals surface area contributed by atoms with Gasteiger partial charge in [-0.2, -0.15) is 0 Å². The van der Waals surface area contributed by atoms with E-state index in [4.69, 9.17) is 0 Å². The van der Waals surface area contributed by atoms with Crippen molar-refractivity contribution in [2.45, 2.75) is 0 Å². The molecule has 2 heteroatoms. The molecule has 60 valence electrons. The summed E-state index contributed by atoms with van der Waals surface area (Å²) in [5.74, 6) is -0.205. The lowest BCUT2D eigenvalue weighted by Gasteiger charge is -1.89. The molecule has 0 amide bonds. The summed E-state index contributed by atoms with van der Waals surface area (Å²) in [6.07, 6.45) is 0. The summed E-state index contributed by atoms with van der Waals surface area (Å²) in [6, 6.07) is 5.03. The molecule has 0 saturated heterocycles. The average Bonchev–Trinajstić information content (AvgIpc) is 2.29. The van der Waals surface area contributed by atoms with Crippen LogP contribution in [-0.2, 0) is 0 Å². The number of rotatable bonds is 0. The third-order valence-electron chi connectivity index (χ3n) is 1.85. The van der Waals surface area contributed by atoms with Crippen molar-refractivity contribution in [2.24, 2.45) is 0 Å². The zero-order chi connectivity index (χ0) is 8.72. The number of thiophene rings is 1. The molecule has 1 heterocycles. The van der Waals surface area contributed by atoms with Gasteiger partial charge in [0.15, 0.2) is 0 Å². The van der Waals surface area contributed by atoms with Crippen molar-refractivity contribution in [3.8, 4) is 0 Å². The Kier molecular flexibility index (Phi) is 1.51. The first-order valence-electron chi connectivity index (χ1n) is 3.55. The molecule has 0 aliphatic rings. The maximum Gasteiger partial charge on any atom is 0.132 e. The van der Waals surface area contributed by atoms with Crippen LogP contribution in [0.15, 0.2) is 18.2 Å². The highest BCUT2D eigenvalue weighted by molar-refractivity contribution is 7.17. The van der Waals surface area contributed by atoms with Crippen LogP contribution in [0.25, 0.3) is 23.2 Å². The highest BCUT2D eigenvalue weighted by atomic mass is 32.1. The van der Waals surface area contributed by atoms with E-state index in [0.29, 0.717) is 10.6 Å². The number of fused-ring (bicyclic) bond motifs is 1. The monoisotopic (exact) mass is 178 g/mol. The highest BCUT2D eigenvalue weighted by Crippen LogP contribution is 2.15. The van der Waals surface area contributed by atoms with Crippen molar-refractivity contribution in [1.29, 1.82) is 0 Å². The maximum atomic E-state index is 13.2. The van der Waals surface area contributed by atoms with Crippen molar-refractivity contribution in [2.75, 3.05) is 0 Å². The van der Waals surface area contributed by atoms with E-state index in [-0.39, 0.29) is 5.82 Å². The minimum absolute atomic E-state index is 0.205. The topological polar surface area (TPSA) is 0 Å². The van der Waals surface area contributed by atoms with E-state index in [0.717, 1.165) is 9.23 Å². The fraction of sp³-hybridized carbons (Fsp3) is 0. The third-order valence-corrected chi connectivity index (χ3v) is 2.90. The van der Waals surface area contributed by atoms with Crippen LogP contribution >= 0.6 is 11.3 Å². The molecule has 1 aromatic heterocycles.